The van der Waals surface area contributed by atoms with E-state index in [9.17, 15) is 14.4 Å². The predicted octanol–water partition coefficient (Wildman–Crippen LogP) is 1.89. The molecule has 0 aliphatic carbocycles. The molecule has 0 spiro atoms. The maximum Gasteiger partial charge on any atom is 0.415 e. The van der Waals surface area contributed by atoms with Gasteiger partial charge < -0.3 is 4.74 Å². The van der Waals surface area contributed by atoms with E-state index in [0.29, 0.717) is 23.4 Å². The second-order valence-electron chi connectivity index (χ2n) is 6.63. The van der Waals surface area contributed by atoms with Crippen molar-refractivity contribution in [3.8, 4) is 0 Å². The molecular formula is C15H18BrN3O4. The third kappa shape index (κ3) is 2.65. The third-order valence-corrected chi connectivity index (χ3v) is 4.52. The number of anilines is 2. The number of amides is 2. The summed E-state index contributed by atoms with van der Waals surface area (Å²) in [6.45, 7) is 5.64. The minimum absolute atomic E-state index is 0.0882. The second-order valence-corrected chi connectivity index (χ2v) is 7.28. The zero-order valence-electron chi connectivity index (χ0n) is 13.2. The van der Waals surface area contributed by atoms with Crippen LogP contribution in [0.3, 0.4) is 0 Å². The first kappa shape index (κ1) is 16.0. The van der Waals surface area contributed by atoms with Crippen LogP contribution in [0.15, 0.2) is 16.9 Å². The van der Waals surface area contributed by atoms with Crippen LogP contribution in [0.4, 0.5) is 16.3 Å². The van der Waals surface area contributed by atoms with Crippen molar-refractivity contribution < 1.29 is 14.3 Å². The molecule has 3 rings (SSSR count). The van der Waals surface area contributed by atoms with E-state index in [1.54, 1.807) is 36.3 Å². The number of aromatic nitrogens is 1. The van der Waals surface area contributed by atoms with Crippen molar-refractivity contribution in [3.63, 3.8) is 0 Å². The number of halogens is 1. The fourth-order valence-electron chi connectivity index (χ4n) is 2.87. The summed E-state index contributed by atoms with van der Waals surface area (Å²) in [7, 11) is 0. The normalized spacial score (nSPS) is 19.8. The number of hydrogen-bond donors (Lipinski definition) is 0. The molecule has 2 amide bonds. The Kier molecular flexibility index (Phi) is 3.74. The van der Waals surface area contributed by atoms with Crippen LogP contribution in [0, 0.1) is 0 Å². The lowest BCUT2D eigenvalue weighted by molar-refractivity contribution is -0.117. The van der Waals surface area contributed by atoms with Gasteiger partial charge in [0.25, 0.3) is 5.56 Å². The van der Waals surface area contributed by atoms with E-state index in [4.69, 9.17) is 4.74 Å². The van der Waals surface area contributed by atoms with E-state index in [2.05, 4.69) is 15.9 Å². The topological polar surface area (TPSA) is 71.8 Å². The summed E-state index contributed by atoms with van der Waals surface area (Å²) in [5.74, 6) is 0.259. The van der Waals surface area contributed by atoms with Crippen LogP contribution in [-0.4, -0.2) is 40.6 Å². The third-order valence-electron chi connectivity index (χ3n) is 3.77. The van der Waals surface area contributed by atoms with E-state index in [-0.39, 0.29) is 24.1 Å². The van der Waals surface area contributed by atoms with Crippen LogP contribution in [0.5, 0.6) is 0 Å². The van der Waals surface area contributed by atoms with E-state index in [1.165, 1.54) is 11.0 Å². The SMILES string of the molecule is CC(C)(C)OC(=O)N1CC(=O)N2CC(CBr)n3c2c1ccc3=O. The Bertz CT molecular complexity index is 737. The van der Waals surface area contributed by atoms with Gasteiger partial charge in [-0.2, -0.15) is 0 Å². The first-order chi connectivity index (χ1) is 10.7. The standard InChI is InChI=1S/C15H18BrN3O4/c1-15(2,3)23-14(22)17-8-12(21)18-7-9(6-16)19-11(20)5-4-10(17)13(18)19/h4-5,9H,6-8H2,1-3H3. The summed E-state index contributed by atoms with van der Waals surface area (Å²) in [5, 5.41) is 0.555. The van der Waals surface area contributed by atoms with Crippen molar-refractivity contribution in [2.75, 3.05) is 28.2 Å². The van der Waals surface area contributed by atoms with E-state index in [0.717, 1.165) is 0 Å². The summed E-state index contributed by atoms with van der Waals surface area (Å²) in [6, 6.07) is 2.86. The molecule has 124 valence electrons. The Labute approximate surface area is 141 Å². The smallest absolute Gasteiger partial charge is 0.415 e. The van der Waals surface area contributed by atoms with Crippen LogP contribution in [0.2, 0.25) is 0 Å². The molecule has 1 aromatic heterocycles. The van der Waals surface area contributed by atoms with Crippen molar-refractivity contribution in [3.05, 3.63) is 22.5 Å². The fourth-order valence-corrected chi connectivity index (χ4v) is 3.36. The van der Waals surface area contributed by atoms with E-state index < -0.39 is 11.7 Å². The summed E-state index contributed by atoms with van der Waals surface area (Å²) in [6.07, 6.45) is -0.589. The highest BCUT2D eigenvalue weighted by Crippen LogP contribution is 2.39. The average molecular weight is 384 g/mol. The van der Waals surface area contributed by atoms with Crippen LogP contribution >= 0.6 is 15.9 Å². The molecule has 1 unspecified atom stereocenters. The molecule has 1 atom stereocenters. The van der Waals surface area contributed by atoms with Crippen molar-refractivity contribution in [2.24, 2.45) is 0 Å². The van der Waals surface area contributed by atoms with Gasteiger partial charge in [-0.15, -0.1) is 0 Å². The molecule has 7 nitrogen and oxygen atoms in total. The quantitative estimate of drug-likeness (QED) is 0.694. The number of pyridine rings is 1. The Morgan fingerprint density at radius 1 is 1.35 bits per heavy atom. The molecule has 2 aliphatic rings. The monoisotopic (exact) mass is 383 g/mol. The lowest BCUT2D eigenvalue weighted by Crippen LogP contribution is -2.49. The van der Waals surface area contributed by atoms with Gasteiger partial charge in [0.05, 0.1) is 11.7 Å². The minimum atomic E-state index is -0.662. The Hall–Kier alpha value is -1.83. The van der Waals surface area contributed by atoms with Crippen molar-refractivity contribution in [1.29, 1.82) is 0 Å². The zero-order valence-corrected chi connectivity index (χ0v) is 14.8. The van der Waals surface area contributed by atoms with Crippen LogP contribution in [-0.2, 0) is 9.53 Å². The van der Waals surface area contributed by atoms with E-state index in [1.807, 2.05) is 0 Å². The molecule has 8 heteroatoms. The minimum Gasteiger partial charge on any atom is -0.443 e. The maximum absolute atomic E-state index is 12.4. The molecule has 0 fully saturated rings. The van der Waals surface area contributed by atoms with E-state index >= 15 is 0 Å². The highest BCUT2D eigenvalue weighted by atomic mass is 79.9. The lowest BCUT2D eigenvalue weighted by atomic mass is 10.2. The highest BCUT2D eigenvalue weighted by molar-refractivity contribution is 9.09. The molecular weight excluding hydrogens is 366 g/mol. The van der Waals surface area contributed by atoms with Gasteiger partial charge in [0, 0.05) is 17.9 Å². The largest absolute Gasteiger partial charge is 0.443 e. The molecule has 0 bridgehead atoms. The second kappa shape index (κ2) is 5.36. The first-order valence-electron chi connectivity index (χ1n) is 7.35. The summed E-state index contributed by atoms with van der Waals surface area (Å²) in [5.41, 5.74) is -0.318. The van der Waals surface area contributed by atoms with Crippen molar-refractivity contribution >= 4 is 39.4 Å². The molecule has 0 N–H and O–H groups in total. The molecule has 1 aromatic rings. The van der Waals surface area contributed by atoms with Gasteiger partial charge in [-0.25, -0.2) is 4.79 Å². The van der Waals surface area contributed by atoms with Crippen LogP contribution < -0.4 is 15.4 Å². The molecule has 0 saturated carbocycles. The highest BCUT2D eigenvalue weighted by Gasteiger charge is 2.42. The first-order valence-corrected chi connectivity index (χ1v) is 8.47. The van der Waals surface area contributed by atoms with Gasteiger partial charge in [0.15, 0.2) is 0 Å². The number of carbonyl (C=O) groups is 2. The Morgan fingerprint density at radius 2 is 2.04 bits per heavy atom. The fraction of sp³-hybridized carbons (Fsp3) is 0.533. The number of hydrogen-bond acceptors (Lipinski definition) is 4. The Morgan fingerprint density at radius 3 is 2.65 bits per heavy atom. The average Bonchev–Trinajstić information content (AvgIpc) is 2.84. The number of nitrogens with zero attached hydrogens (tertiary/aromatic N) is 3. The number of rotatable bonds is 1. The summed E-state index contributed by atoms with van der Waals surface area (Å²) >= 11 is 3.38. The van der Waals surface area contributed by atoms with Crippen molar-refractivity contribution in [1.82, 2.24) is 4.57 Å². The lowest BCUT2D eigenvalue weighted by Gasteiger charge is -2.34. The number of ether oxygens (including phenoxy) is 1. The summed E-state index contributed by atoms with van der Waals surface area (Å²) < 4.78 is 6.95. The zero-order chi connectivity index (χ0) is 16.9. The summed E-state index contributed by atoms with van der Waals surface area (Å²) in [4.78, 5) is 39.9. The van der Waals surface area contributed by atoms with Crippen LogP contribution in [0.1, 0.15) is 26.8 Å². The Balaban J connectivity index is 2.09. The number of carbonyl (C=O) groups excluding carboxylic acids is 2. The predicted molar refractivity (Wildman–Crippen MR) is 89.5 cm³/mol. The number of alkyl halides is 1. The van der Waals surface area contributed by atoms with Gasteiger partial charge in [0.1, 0.15) is 18.0 Å². The van der Waals surface area contributed by atoms with Gasteiger partial charge in [-0.05, 0) is 26.8 Å². The molecule has 0 aromatic carbocycles. The maximum atomic E-state index is 12.4. The van der Waals surface area contributed by atoms with Crippen molar-refractivity contribution in [2.45, 2.75) is 32.4 Å². The molecule has 3 heterocycles. The molecule has 2 aliphatic heterocycles. The molecule has 0 radical (unpaired) electrons. The van der Waals surface area contributed by atoms with Gasteiger partial charge >= 0.3 is 6.09 Å². The van der Waals surface area contributed by atoms with Crippen LogP contribution in [0.25, 0.3) is 0 Å². The molecule has 0 saturated heterocycles. The van der Waals surface area contributed by atoms with Gasteiger partial charge in [-0.3, -0.25) is 24.0 Å². The molecule has 23 heavy (non-hydrogen) atoms. The van der Waals surface area contributed by atoms with Gasteiger partial charge in [0.2, 0.25) is 5.91 Å². The van der Waals surface area contributed by atoms with Gasteiger partial charge in [-0.1, -0.05) is 15.9 Å².